The van der Waals surface area contributed by atoms with E-state index in [1.54, 1.807) is 0 Å². The van der Waals surface area contributed by atoms with Crippen molar-refractivity contribution in [3.05, 3.63) is 5.21 Å². The first-order valence-electron chi connectivity index (χ1n) is 5.91. The van der Waals surface area contributed by atoms with Crippen LogP contribution in [0.25, 0.3) is 0 Å². The normalized spacial score (nSPS) is 27.7. The van der Waals surface area contributed by atoms with Crippen LogP contribution in [0.1, 0.15) is 33.6 Å². The van der Waals surface area contributed by atoms with Gasteiger partial charge in [0.1, 0.15) is 6.04 Å². The summed E-state index contributed by atoms with van der Waals surface area (Å²) in [5.74, 6) is 6.05. The first-order chi connectivity index (χ1) is 7.38. The summed E-state index contributed by atoms with van der Waals surface area (Å²) in [6.07, 6.45) is 1.49. The second-order valence-electron chi connectivity index (χ2n) is 5.09. The van der Waals surface area contributed by atoms with Gasteiger partial charge in [-0.3, -0.25) is 4.76 Å². The van der Waals surface area contributed by atoms with E-state index in [-0.39, 0.29) is 18.1 Å². The largest absolute Gasteiger partial charge is 0.611 e. The molecule has 1 saturated heterocycles. The van der Waals surface area contributed by atoms with Crippen LogP contribution in [0, 0.1) is 22.5 Å². The van der Waals surface area contributed by atoms with Crippen molar-refractivity contribution in [2.24, 2.45) is 11.8 Å². The number of nitriles is 1. The number of nitrogens with zero attached hydrogens (tertiary/aromatic N) is 3. The number of hydroxylamine groups is 2. The maximum atomic E-state index is 12.2. The minimum atomic E-state index is -0.768. The van der Waals surface area contributed by atoms with Gasteiger partial charge in [0.05, 0.1) is 12.6 Å². The fourth-order valence-corrected chi connectivity index (χ4v) is 2.35. The zero-order chi connectivity index (χ0) is 12.3. The number of hydrogen-bond donors (Lipinski definition) is 1. The summed E-state index contributed by atoms with van der Waals surface area (Å²) >= 11 is 0. The molecule has 2 N–H and O–H groups in total. The molecule has 0 aromatic rings. The average molecular weight is 226 g/mol. The molecule has 0 saturated carbocycles. The van der Waals surface area contributed by atoms with Crippen molar-refractivity contribution < 1.29 is 4.76 Å². The van der Waals surface area contributed by atoms with Crippen LogP contribution < -0.4 is 5.84 Å². The maximum absolute atomic E-state index is 12.2. The molecule has 0 radical (unpaired) electrons. The highest BCUT2D eigenvalue weighted by Gasteiger charge is 2.36. The molecule has 3 unspecified atom stereocenters. The molecular formula is C11H22N4O. The molecule has 5 heteroatoms. The lowest BCUT2D eigenvalue weighted by molar-refractivity contribution is -0.929. The molecule has 92 valence electrons. The maximum Gasteiger partial charge on any atom is 0.160 e. The summed E-state index contributed by atoms with van der Waals surface area (Å²) in [5, 5.41) is 21.2. The van der Waals surface area contributed by atoms with Gasteiger partial charge < -0.3 is 5.21 Å². The minimum absolute atomic E-state index is 0.142. The van der Waals surface area contributed by atoms with Crippen molar-refractivity contribution in [1.29, 1.82) is 5.26 Å². The van der Waals surface area contributed by atoms with Crippen LogP contribution in [0.2, 0.25) is 0 Å². The van der Waals surface area contributed by atoms with Crippen molar-refractivity contribution in [3.8, 4) is 6.07 Å². The summed E-state index contributed by atoms with van der Waals surface area (Å²) in [4.78, 5) is 1.94. The fraction of sp³-hybridized carbons (Fsp3) is 0.909. The van der Waals surface area contributed by atoms with E-state index in [0.717, 1.165) is 19.4 Å². The van der Waals surface area contributed by atoms with Crippen molar-refractivity contribution in [2.45, 2.75) is 45.8 Å². The van der Waals surface area contributed by atoms with Crippen molar-refractivity contribution in [1.82, 2.24) is 4.90 Å². The summed E-state index contributed by atoms with van der Waals surface area (Å²) in [7, 11) is 0. The van der Waals surface area contributed by atoms with Gasteiger partial charge in [-0.15, -0.1) is 0 Å². The highest BCUT2D eigenvalue weighted by atomic mass is 16.6. The summed E-state index contributed by atoms with van der Waals surface area (Å²) < 4.78 is -0.768. The van der Waals surface area contributed by atoms with E-state index in [2.05, 4.69) is 6.07 Å². The lowest BCUT2D eigenvalue weighted by Gasteiger charge is -2.46. The summed E-state index contributed by atoms with van der Waals surface area (Å²) in [6.45, 7) is 6.98. The Kier molecular flexibility index (Phi) is 4.28. The Morgan fingerprint density at radius 1 is 1.56 bits per heavy atom. The lowest BCUT2D eigenvalue weighted by atomic mass is 10.2. The molecule has 0 aliphatic carbocycles. The Balaban J connectivity index is 2.69. The molecule has 0 bridgehead atoms. The van der Waals surface area contributed by atoms with Crippen molar-refractivity contribution >= 4 is 0 Å². The second-order valence-corrected chi connectivity index (χ2v) is 5.09. The SMILES string of the molecule is CC(C)C[N+](N)([O-])C(C)N1CCCC1C#N. The first kappa shape index (κ1) is 13.4. The highest BCUT2D eigenvalue weighted by Crippen LogP contribution is 2.23. The fourth-order valence-electron chi connectivity index (χ4n) is 2.35. The van der Waals surface area contributed by atoms with Crippen molar-refractivity contribution in [3.63, 3.8) is 0 Å². The van der Waals surface area contributed by atoms with Gasteiger partial charge >= 0.3 is 0 Å². The lowest BCUT2D eigenvalue weighted by Crippen LogP contribution is -2.63. The van der Waals surface area contributed by atoms with Gasteiger partial charge in [-0.05, 0) is 12.8 Å². The molecule has 0 aromatic heterocycles. The molecule has 0 aromatic carbocycles. The molecule has 16 heavy (non-hydrogen) atoms. The van der Waals surface area contributed by atoms with Crippen LogP contribution in [0.15, 0.2) is 0 Å². The average Bonchev–Trinajstić information content (AvgIpc) is 2.61. The Hall–Kier alpha value is -0.670. The van der Waals surface area contributed by atoms with Gasteiger partial charge in [0.2, 0.25) is 0 Å². The topological polar surface area (TPSA) is 76.1 Å². The molecule has 1 aliphatic heterocycles. The van der Waals surface area contributed by atoms with E-state index in [1.165, 1.54) is 0 Å². The quantitative estimate of drug-likeness (QED) is 0.443. The van der Waals surface area contributed by atoms with E-state index in [1.807, 2.05) is 25.7 Å². The Morgan fingerprint density at radius 2 is 2.19 bits per heavy atom. The smallest absolute Gasteiger partial charge is 0.160 e. The third-order valence-electron chi connectivity index (χ3n) is 3.21. The van der Waals surface area contributed by atoms with E-state index in [4.69, 9.17) is 11.1 Å². The van der Waals surface area contributed by atoms with Gasteiger partial charge in [-0.2, -0.15) is 11.1 Å². The van der Waals surface area contributed by atoms with Crippen LogP contribution >= 0.6 is 0 Å². The molecule has 0 spiro atoms. The minimum Gasteiger partial charge on any atom is -0.611 e. The number of likely N-dealkylation sites (tertiary alicyclic amines) is 1. The van der Waals surface area contributed by atoms with E-state index >= 15 is 0 Å². The monoisotopic (exact) mass is 226 g/mol. The summed E-state index contributed by atoms with van der Waals surface area (Å²) in [6, 6.07) is 2.10. The zero-order valence-electron chi connectivity index (χ0n) is 10.4. The summed E-state index contributed by atoms with van der Waals surface area (Å²) in [5.41, 5.74) is 0. The van der Waals surface area contributed by atoms with E-state index < -0.39 is 4.76 Å². The predicted molar refractivity (Wildman–Crippen MR) is 62.3 cm³/mol. The van der Waals surface area contributed by atoms with Crippen LogP contribution in [0.5, 0.6) is 0 Å². The van der Waals surface area contributed by atoms with Gasteiger partial charge in [0.25, 0.3) is 0 Å². The molecule has 1 fully saturated rings. The second kappa shape index (κ2) is 5.11. The molecule has 1 rings (SSSR count). The van der Waals surface area contributed by atoms with Crippen LogP contribution in [0.3, 0.4) is 0 Å². The standard InChI is InChI=1S/C11H22N4O/c1-9(2)8-15(13,16)10(3)14-6-4-5-11(14)7-12/h9-11H,4-6,8,13H2,1-3H3. The molecular weight excluding hydrogens is 204 g/mol. The van der Waals surface area contributed by atoms with Gasteiger partial charge in [0, 0.05) is 19.4 Å². The highest BCUT2D eigenvalue weighted by molar-refractivity contribution is 4.96. The van der Waals surface area contributed by atoms with E-state index in [0.29, 0.717) is 6.54 Å². The van der Waals surface area contributed by atoms with Crippen molar-refractivity contribution in [2.75, 3.05) is 13.1 Å². The molecule has 3 atom stereocenters. The number of quaternary nitrogens is 1. The molecule has 1 heterocycles. The number of nitrogens with two attached hydrogens (primary N) is 1. The van der Waals surface area contributed by atoms with Crippen LogP contribution in [-0.2, 0) is 0 Å². The third kappa shape index (κ3) is 2.92. The van der Waals surface area contributed by atoms with E-state index in [9.17, 15) is 5.21 Å². The van der Waals surface area contributed by atoms with Gasteiger partial charge in [-0.25, -0.2) is 4.90 Å². The zero-order valence-corrected chi connectivity index (χ0v) is 10.4. The molecule has 5 nitrogen and oxygen atoms in total. The molecule has 1 aliphatic rings. The number of rotatable bonds is 4. The van der Waals surface area contributed by atoms with Gasteiger partial charge in [-0.1, -0.05) is 13.8 Å². The van der Waals surface area contributed by atoms with Gasteiger partial charge in [0.15, 0.2) is 6.17 Å². The third-order valence-corrected chi connectivity index (χ3v) is 3.21. The predicted octanol–water partition coefficient (Wildman–Crippen LogP) is 1.16. The van der Waals surface area contributed by atoms with Crippen LogP contribution in [0.4, 0.5) is 0 Å². The Bertz CT molecular complexity index is 272. The Labute approximate surface area is 97.6 Å². The Morgan fingerprint density at radius 3 is 2.69 bits per heavy atom. The first-order valence-corrected chi connectivity index (χ1v) is 5.91. The van der Waals surface area contributed by atoms with Crippen LogP contribution in [-0.4, -0.2) is 35.0 Å². The number of hydrogen-bond acceptors (Lipinski definition) is 4. The molecule has 0 amide bonds.